The minimum Gasteiger partial charge on any atom is -0.326 e. The Hall–Kier alpha value is -1.13. The second-order valence-corrected chi connectivity index (χ2v) is 4.16. The average molecular weight is 242 g/mol. The van der Waals surface area contributed by atoms with E-state index in [1.165, 1.54) is 0 Å². The summed E-state index contributed by atoms with van der Waals surface area (Å²) in [5.41, 5.74) is 0.676. The minimum atomic E-state index is -0.0320. The molecule has 0 fully saturated rings. The Morgan fingerprint density at radius 1 is 1.56 bits per heavy atom. The fourth-order valence-corrected chi connectivity index (χ4v) is 1.35. The number of anilines is 1. The van der Waals surface area contributed by atoms with Gasteiger partial charge < -0.3 is 10.6 Å². The lowest BCUT2D eigenvalue weighted by Crippen LogP contribution is -2.27. The third-order valence-electron chi connectivity index (χ3n) is 1.91. The Morgan fingerprint density at radius 2 is 2.31 bits per heavy atom. The number of rotatable bonds is 5. The van der Waals surface area contributed by atoms with Crippen molar-refractivity contribution in [1.29, 1.82) is 0 Å². The number of aromatic nitrogens is 1. The van der Waals surface area contributed by atoms with Gasteiger partial charge in [-0.25, -0.2) is 4.98 Å². The summed E-state index contributed by atoms with van der Waals surface area (Å²) in [7, 11) is 0. The van der Waals surface area contributed by atoms with Crippen molar-refractivity contribution in [3.8, 4) is 0 Å². The molecule has 0 bridgehead atoms. The zero-order valence-corrected chi connectivity index (χ0v) is 10.2. The van der Waals surface area contributed by atoms with Crippen molar-refractivity contribution in [2.45, 2.75) is 26.3 Å². The summed E-state index contributed by atoms with van der Waals surface area (Å²) in [6.07, 6.45) is 2.00. The molecule has 1 aromatic heterocycles. The van der Waals surface area contributed by atoms with Crippen LogP contribution in [0.4, 0.5) is 5.69 Å². The van der Waals surface area contributed by atoms with E-state index in [0.717, 1.165) is 0 Å². The molecule has 0 spiro atoms. The van der Waals surface area contributed by atoms with Crippen LogP contribution in [0.3, 0.4) is 0 Å². The van der Waals surface area contributed by atoms with Gasteiger partial charge in [0.2, 0.25) is 5.91 Å². The fourth-order valence-electron chi connectivity index (χ4n) is 1.18. The largest absolute Gasteiger partial charge is 0.326 e. The highest BCUT2D eigenvalue weighted by molar-refractivity contribution is 6.29. The monoisotopic (exact) mass is 241 g/mol. The zero-order valence-electron chi connectivity index (χ0n) is 9.46. The number of carbonyl (C=O) groups excluding carboxylic acids is 1. The average Bonchev–Trinajstić information content (AvgIpc) is 2.16. The number of nitrogens with one attached hydrogen (secondary N) is 2. The molecule has 5 heteroatoms. The Bertz CT molecular complexity index is 355. The Kier molecular flexibility index (Phi) is 5.22. The van der Waals surface area contributed by atoms with E-state index >= 15 is 0 Å². The first kappa shape index (κ1) is 12.9. The lowest BCUT2D eigenvalue weighted by molar-refractivity contribution is -0.116. The second-order valence-electron chi connectivity index (χ2n) is 3.77. The number of carbonyl (C=O) groups is 1. The van der Waals surface area contributed by atoms with E-state index in [1.807, 2.05) is 13.8 Å². The molecule has 88 valence electrons. The predicted molar refractivity (Wildman–Crippen MR) is 65.6 cm³/mol. The first-order valence-electron chi connectivity index (χ1n) is 5.22. The van der Waals surface area contributed by atoms with E-state index in [9.17, 15) is 4.79 Å². The topological polar surface area (TPSA) is 54.0 Å². The molecular formula is C11H16ClN3O. The number of hydrogen-bond acceptors (Lipinski definition) is 3. The number of nitrogens with zero attached hydrogens (tertiary/aromatic N) is 1. The van der Waals surface area contributed by atoms with E-state index in [0.29, 0.717) is 29.8 Å². The molecule has 1 heterocycles. The maximum Gasteiger partial charge on any atom is 0.225 e. The number of hydrogen-bond donors (Lipinski definition) is 2. The maximum atomic E-state index is 11.5. The van der Waals surface area contributed by atoms with Gasteiger partial charge in [-0.3, -0.25) is 4.79 Å². The van der Waals surface area contributed by atoms with E-state index in [2.05, 4.69) is 15.6 Å². The molecule has 16 heavy (non-hydrogen) atoms. The van der Waals surface area contributed by atoms with Crippen molar-refractivity contribution in [2.75, 3.05) is 11.9 Å². The molecule has 0 aliphatic carbocycles. The summed E-state index contributed by atoms with van der Waals surface area (Å²) >= 11 is 5.70. The van der Waals surface area contributed by atoms with Crippen LogP contribution in [0, 0.1) is 0 Å². The van der Waals surface area contributed by atoms with Crippen molar-refractivity contribution >= 4 is 23.2 Å². The van der Waals surface area contributed by atoms with Gasteiger partial charge in [0.25, 0.3) is 0 Å². The molecular weight excluding hydrogens is 226 g/mol. The van der Waals surface area contributed by atoms with Gasteiger partial charge in [-0.2, -0.15) is 0 Å². The van der Waals surface area contributed by atoms with Gasteiger partial charge in [-0.15, -0.1) is 0 Å². The molecule has 0 atom stereocenters. The van der Waals surface area contributed by atoms with Crippen molar-refractivity contribution in [3.63, 3.8) is 0 Å². The second kappa shape index (κ2) is 6.45. The molecule has 1 rings (SSSR count). The molecule has 1 amide bonds. The van der Waals surface area contributed by atoms with Crippen LogP contribution in [-0.2, 0) is 4.79 Å². The molecule has 0 aromatic carbocycles. The normalized spacial score (nSPS) is 10.5. The van der Waals surface area contributed by atoms with Gasteiger partial charge in [0.1, 0.15) is 5.15 Å². The maximum absolute atomic E-state index is 11.5. The van der Waals surface area contributed by atoms with Gasteiger partial charge in [-0.05, 0) is 12.1 Å². The Labute approximate surface area is 100 Å². The van der Waals surface area contributed by atoms with Crippen molar-refractivity contribution < 1.29 is 4.79 Å². The molecule has 1 aromatic rings. The summed E-state index contributed by atoms with van der Waals surface area (Å²) in [5.74, 6) is -0.0320. The molecule has 0 aliphatic rings. The SMILES string of the molecule is CC(C)NCCC(=O)Nc1ccnc(Cl)c1. The number of amides is 1. The van der Waals surface area contributed by atoms with Gasteiger partial charge in [0.15, 0.2) is 0 Å². The van der Waals surface area contributed by atoms with Crippen molar-refractivity contribution in [1.82, 2.24) is 10.3 Å². The van der Waals surface area contributed by atoms with Crippen LogP contribution in [0.5, 0.6) is 0 Å². The highest BCUT2D eigenvalue weighted by Gasteiger charge is 2.03. The van der Waals surface area contributed by atoms with Gasteiger partial charge >= 0.3 is 0 Å². The zero-order chi connectivity index (χ0) is 12.0. The predicted octanol–water partition coefficient (Wildman–Crippen LogP) is 2.06. The quantitative estimate of drug-likeness (QED) is 0.776. The first-order valence-corrected chi connectivity index (χ1v) is 5.60. The van der Waals surface area contributed by atoms with Gasteiger partial charge in [-0.1, -0.05) is 25.4 Å². The molecule has 0 saturated heterocycles. The van der Waals surface area contributed by atoms with Crippen LogP contribution >= 0.6 is 11.6 Å². The van der Waals surface area contributed by atoms with Crippen LogP contribution in [0.25, 0.3) is 0 Å². The summed E-state index contributed by atoms with van der Waals surface area (Å²) < 4.78 is 0. The van der Waals surface area contributed by atoms with E-state index in [4.69, 9.17) is 11.6 Å². The summed E-state index contributed by atoms with van der Waals surface area (Å²) in [6.45, 7) is 4.75. The van der Waals surface area contributed by atoms with Gasteiger partial charge in [0.05, 0.1) is 0 Å². The summed E-state index contributed by atoms with van der Waals surface area (Å²) in [4.78, 5) is 15.3. The highest BCUT2D eigenvalue weighted by Crippen LogP contribution is 2.11. The van der Waals surface area contributed by atoms with E-state index in [1.54, 1.807) is 18.3 Å². The van der Waals surface area contributed by atoms with Crippen LogP contribution in [0.1, 0.15) is 20.3 Å². The van der Waals surface area contributed by atoms with Crippen LogP contribution < -0.4 is 10.6 Å². The third-order valence-corrected chi connectivity index (χ3v) is 2.12. The lowest BCUT2D eigenvalue weighted by Gasteiger charge is -2.08. The number of pyridine rings is 1. The highest BCUT2D eigenvalue weighted by atomic mass is 35.5. The van der Waals surface area contributed by atoms with Crippen LogP contribution in [-0.4, -0.2) is 23.5 Å². The summed E-state index contributed by atoms with van der Waals surface area (Å²) in [5, 5.41) is 6.30. The number of halogens is 1. The van der Waals surface area contributed by atoms with Crippen LogP contribution in [0.15, 0.2) is 18.3 Å². The van der Waals surface area contributed by atoms with E-state index < -0.39 is 0 Å². The lowest BCUT2D eigenvalue weighted by atomic mass is 10.3. The van der Waals surface area contributed by atoms with Crippen molar-refractivity contribution in [2.24, 2.45) is 0 Å². The van der Waals surface area contributed by atoms with Gasteiger partial charge in [0, 0.05) is 30.9 Å². The fraction of sp³-hybridized carbons (Fsp3) is 0.455. The summed E-state index contributed by atoms with van der Waals surface area (Å²) in [6, 6.07) is 3.72. The Balaban J connectivity index is 2.34. The molecule has 0 aliphatic heterocycles. The third kappa shape index (κ3) is 5.09. The molecule has 2 N–H and O–H groups in total. The molecule has 0 unspecified atom stereocenters. The Morgan fingerprint density at radius 3 is 2.94 bits per heavy atom. The van der Waals surface area contributed by atoms with Crippen molar-refractivity contribution in [3.05, 3.63) is 23.5 Å². The molecule has 4 nitrogen and oxygen atoms in total. The first-order chi connectivity index (χ1) is 7.58. The molecule has 0 radical (unpaired) electrons. The van der Waals surface area contributed by atoms with Crippen LogP contribution in [0.2, 0.25) is 5.15 Å². The smallest absolute Gasteiger partial charge is 0.225 e. The standard InChI is InChI=1S/C11H16ClN3O/c1-8(2)13-6-4-11(16)15-9-3-5-14-10(12)7-9/h3,5,7-8,13H,4,6H2,1-2H3,(H,14,15,16). The van der Waals surface area contributed by atoms with E-state index in [-0.39, 0.29) is 5.91 Å². The molecule has 0 saturated carbocycles. The minimum absolute atomic E-state index is 0.0320.